The lowest BCUT2D eigenvalue weighted by molar-refractivity contribution is -0.121. The Balaban J connectivity index is 1.78. The van der Waals surface area contributed by atoms with Crippen LogP contribution in [-0.4, -0.2) is 12.5 Å². The van der Waals surface area contributed by atoms with Crippen molar-refractivity contribution in [3.63, 3.8) is 0 Å². The first-order chi connectivity index (χ1) is 9.09. The van der Waals surface area contributed by atoms with Crippen LogP contribution in [0.1, 0.15) is 50.6 Å². The Morgan fingerprint density at radius 1 is 1.32 bits per heavy atom. The van der Waals surface area contributed by atoms with Crippen molar-refractivity contribution in [3.05, 3.63) is 35.9 Å². The summed E-state index contributed by atoms with van der Waals surface area (Å²) in [6, 6.07) is 9.58. The molecule has 1 fully saturated rings. The number of nitrogens with two attached hydrogens (primary N) is 1. The number of hydrogen-bond donors (Lipinski definition) is 2. The standard InChI is InChI=1S/C16H24N2O/c1-16(9-5-6-10-16)12-18-15(19)11-14(17)13-7-3-2-4-8-13/h2-4,7-8,14H,5-6,9-12,17H2,1H3,(H,18,19). The Morgan fingerprint density at radius 2 is 1.95 bits per heavy atom. The van der Waals surface area contributed by atoms with E-state index in [1.165, 1.54) is 25.7 Å². The van der Waals surface area contributed by atoms with Crippen LogP contribution < -0.4 is 11.1 Å². The van der Waals surface area contributed by atoms with Crippen molar-refractivity contribution in [3.8, 4) is 0 Å². The van der Waals surface area contributed by atoms with Crippen LogP contribution in [0.3, 0.4) is 0 Å². The Labute approximate surface area is 115 Å². The van der Waals surface area contributed by atoms with Gasteiger partial charge in [0.05, 0.1) is 0 Å². The lowest BCUT2D eigenvalue weighted by Gasteiger charge is -2.24. The minimum absolute atomic E-state index is 0.0597. The molecule has 0 bridgehead atoms. The molecule has 0 heterocycles. The SMILES string of the molecule is CC1(CNC(=O)CC(N)c2ccccc2)CCCC1. The summed E-state index contributed by atoms with van der Waals surface area (Å²) >= 11 is 0. The molecule has 2 rings (SSSR count). The van der Waals surface area contributed by atoms with Crippen LogP contribution in [0.15, 0.2) is 30.3 Å². The van der Waals surface area contributed by atoms with Gasteiger partial charge in [0.2, 0.25) is 5.91 Å². The van der Waals surface area contributed by atoms with Crippen LogP contribution in [0.4, 0.5) is 0 Å². The molecule has 1 amide bonds. The van der Waals surface area contributed by atoms with Crippen LogP contribution in [0, 0.1) is 5.41 Å². The highest BCUT2D eigenvalue weighted by molar-refractivity contribution is 5.76. The number of hydrogen-bond acceptors (Lipinski definition) is 2. The van der Waals surface area contributed by atoms with Gasteiger partial charge in [-0.05, 0) is 23.8 Å². The van der Waals surface area contributed by atoms with E-state index in [-0.39, 0.29) is 11.9 Å². The summed E-state index contributed by atoms with van der Waals surface area (Å²) in [5, 5.41) is 3.05. The second kappa shape index (κ2) is 6.20. The zero-order valence-corrected chi connectivity index (χ0v) is 11.7. The molecule has 0 saturated heterocycles. The summed E-state index contributed by atoms with van der Waals surface area (Å²) in [7, 11) is 0. The van der Waals surface area contributed by atoms with Gasteiger partial charge in [0.15, 0.2) is 0 Å². The summed E-state index contributed by atoms with van der Waals surface area (Å²) in [5.74, 6) is 0.0597. The third-order valence-electron chi connectivity index (χ3n) is 4.16. The van der Waals surface area contributed by atoms with E-state index >= 15 is 0 Å². The molecule has 1 saturated carbocycles. The average molecular weight is 260 g/mol. The molecule has 3 nitrogen and oxygen atoms in total. The number of rotatable bonds is 5. The lowest BCUT2D eigenvalue weighted by Crippen LogP contribution is -2.35. The van der Waals surface area contributed by atoms with Gasteiger partial charge >= 0.3 is 0 Å². The van der Waals surface area contributed by atoms with E-state index < -0.39 is 0 Å². The van der Waals surface area contributed by atoms with Crippen LogP contribution in [0.25, 0.3) is 0 Å². The molecule has 1 aliphatic carbocycles. The van der Waals surface area contributed by atoms with Gasteiger partial charge in [-0.25, -0.2) is 0 Å². The molecule has 0 aliphatic heterocycles. The van der Waals surface area contributed by atoms with Crippen molar-refractivity contribution in [2.75, 3.05) is 6.54 Å². The molecule has 0 aromatic heterocycles. The third kappa shape index (κ3) is 4.06. The molecule has 1 atom stereocenters. The highest BCUT2D eigenvalue weighted by Gasteiger charge is 2.28. The summed E-state index contributed by atoms with van der Waals surface area (Å²) in [6.45, 7) is 3.05. The number of nitrogens with one attached hydrogen (secondary N) is 1. The number of amides is 1. The molecule has 1 unspecified atom stereocenters. The zero-order chi connectivity index (χ0) is 13.7. The van der Waals surface area contributed by atoms with Crippen molar-refractivity contribution in [1.82, 2.24) is 5.32 Å². The minimum atomic E-state index is -0.211. The Hall–Kier alpha value is -1.35. The average Bonchev–Trinajstić information content (AvgIpc) is 2.85. The predicted octanol–water partition coefficient (Wildman–Crippen LogP) is 2.77. The van der Waals surface area contributed by atoms with E-state index in [4.69, 9.17) is 5.73 Å². The third-order valence-corrected chi connectivity index (χ3v) is 4.16. The highest BCUT2D eigenvalue weighted by atomic mass is 16.1. The fraction of sp³-hybridized carbons (Fsp3) is 0.562. The largest absolute Gasteiger partial charge is 0.355 e. The van der Waals surface area contributed by atoms with E-state index in [2.05, 4.69) is 12.2 Å². The quantitative estimate of drug-likeness (QED) is 0.855. The van der Waals surface area contributed by atoms with Crippen molar-refractivity contribution in [2.45, 2.75) is 45.1 Å². The van der Waals surface area contributed by atoms with E-state index in [1.807, 2.05) is 30.3 Å². The normalized spacial score (nSPS) is 19.1. The maximum atomic E-state index is 11.9. The fourth-order valence-electron chi connectivity index (χ4n) is 2.81. The molecule has 1 aromatic carbocycles. The molecule has 1 aliphatic rings. The van der Waals surface area contributed by atoms with Gasteiger partial charge in [-0.2, -0.15) is 0 Å². The molecule has 1 aromatic rings. The first-order valence-corrected chi connectivity index (χ1v) is 7.16. The number of benzene rings is 1. The van der Waals surface area contributed by atoms with Gasteiger partial charge in [-0.3, -0.25) is 4.79 Å². The van der Waals surface area contributed by atoms with E-state index in [9.17, 15) is 4.79 Å². The van der Waals surface area contributed by atoms with Crippen LogP contribution in [0.5, 0.6) is 0 Å². The second-order valence-electron chi connectivity index (χ2n) is 6.02. The van der Waals surface area contributed by atoms with Crippen LogP contribution in [0.2, 0.25) is 0 Å². The summed E-state index contributed by atoms with van der Waals surface area (Å²) in [4.78, 5) is 11.9. The molecular formula is C16H24N2O. The number of carbonyl (C=O) groups is 1. The van der Waals surface area contributed by atoms with Crippen molar-refractivity contribution in [2.24, 2.45) is 11.1 Å². The Kier molecular flexibility index (Phi) is 4.59. The highest BCUT2D eigenvalue weighted by Crippen LogP contribution is 2.36. The van der Waals surface area contributed by atoms with Gasteiger partial charge in [0.1, 0.15) is 0 Å². The maximum Gasteiger partial charge on any atom is 0.221 e. The lowest BCUT2D eigenvalue weighted by atomic mass is 9.89. The predicted molar refractivity (Wildman–Crippen MR) is 77.6 cm³/mol. The van der Waals surface area contributed by atoms with Gasteiger partial charge < -0.3 is 11.1 Å². The molecule has 0 radical (unpaired) electrons. The number of carbonyl (C=O) groups excluding carboxylic acids is 1. The maximum absolute atomic E-state index is 11.9. The summed E-state index contributed by atoms with van der Waals surface area (Å²) < 4.78 is 0. The van der Waals surface area contributed by atoms with Gasteiger partial charge in [-0.15, -0.1) is 0 Å². The smallest absolute Gasteiger partial charge is 0.221 e. The first kappa shape index (κ1) is 14.1. The Morgan fingerprint density at radius 3 is 2.58 bits per heavy atom. The van der Waals surface area contributed by atoms with E-state index in [0.29, 0.717) is 11.8 Å². The summed E-state index contributed by atoms with van der Waals surface area (Å²) in [6.07, 6.45) is 5.38. The molecule has 3 heteroatoms. The fourth-order valence-corrected chi connectivity index (χ4v) is 2.81. The van der Waals surface area contributed by atoms with Crippen LogP contribution >= 0.6 is 0 Å². The first-order valence-electron chi connectivity index (χ1n) is 7.16. The van der Waals surface area contributed by atoms with Crippen molar-refractivity contribution in [1.29, 1.82) is 0 Å². The van der Waals surface area contributed by atoms with E-state index in [0.717, 1.165) is 12.1 Å². The molecule has 19 heavy (non-hydrogen) atoms. The topological polar surface area (TPSA) is 55.1 Å². The zero-order valence-electron chi connectivity index (χ0n) is 11.7. The van der Waals surface area contributed by atoms with Gasteiger partial charge in [0, 0.05) is 19.0 Å². The van der Waals surface area contributed by atoms with E-state index in [1.54, 1.807) is 0 Å². The van der Waals surface area contributed by atoms with Crippen molar-refractivity contribution < 1.29 is 4.79 Å². The molecular weight excluding hydrogens is 236 g/mol. The minimum Gasteiger partial charge on any atom is -0.355 e. The summed E-state index contributed by atoms with van der Waals surface area (Å²) in [5.41, 5.74) is 7.37. The molecule has 3 N–H and O–H groups in total. The Bertz CT molecular complexity index is 410. The van der Waals surface area contributed by atoms with Crippen LogP contribution in [-0.2, 0) is 4.79 Å². The second-order valence-corrected chi connectivity index (χ2v) is 6.02. The monoisotopic (exact) mass is 260 g/mol. The van der Waals surface area contributed by atoms with Gasteiger partial charge in [-0.1, -0.05) is 50.1 Å². The van der Waals surface area contributed by atoms with Crippen molar-refractivity contribution >= 4 is 5.91 Å². The molecule has 104 valence electrons. The van der Waals surface area contributed by atoms with Gasteiger partial charge in [0.25, 0.3) is 0 Å². The molecule has 0 spiro atoms.